The number of benzene rings is 5. The summed E-state index contributed by atoms with van der Waals surface area (Å²) in [7, 11) is 0. The van der Waals surface area contributed by atoms with Crippen LogP contribution in [0.4, 0.5) is 5.69 Å². The van der Waals surface area contributed by atoms with Gasteiger partial charge in [0.15, 0.2) is 0 Å². The average molecular weight is 437 g/mol. The van der Waals surface area contributed by atoms with Crippen LogP contribution in [0.15, 0.2) is 103 Å². The molecule has 4 aliphatic rings. The van der Waals surface area contributed by atoms with Crippen LogP contribution < -0.4 is 5.01 Å². The lowest BCUT2D eigenvalue weighted by Crippen LogP contribution is -2.46. The van der Waals surface area contributed by atoms with Crippen LogP contribution in [0, 0.1) is 0 Å². The minimum absolute atomic E-state index is 0.0582. The molecule has 2 aliphatic heterocycles. The summed E-state index contributed by atoms with van der Waals surface area (Å²) in [6.07, 6.45) is 0. The first-order chi connectivity index (χ1) is 16.8. The minimum atomic E-state index is -0.0582. The summed E-state index contributed by atoms with van der Waals surface area (Å²) in [5.41, 5.74) is 7.32. The summed E-state index contributed by atoms with van der Waals surface area (Å²) in [6, 6.07) is 39.6. The molecule has 0 amide bonds. The average Bonchev–Trinajstić information content (AvgIpc) is 3.56. The van der Waals surface area contributed by atoms with Crippen LogP contribution in [-0.4, -0.2) is 10.5 Å². The Morgan fingerprint density at radius 1 is 0.529 bits per heavy atom. The van der Waals surface area contributed by atoms with Gasteiger partial charge in [0.1, 0.15) is 0 Å². The number of hydrogen-bond acceptors (Lipinski definition) is 2. The van der Waals surface area contributed by atoms with Crippen LogP contribution in [-0.2, 0) is 0 Å². The van der Waals surface area contributed by atoms with Crippen LogP contribution in [0.2, 0.25) is 0 Å². The van der Waals surface area contributed by atoms with Crippen molar-refractivity contribution in [2.24, 2.45) is 0 Å². The first kappa shape index (κ1) is 17.8. The van der Waals surface area contributed by atoms with E-state index in [4.69, 9.17) is 0 Å². The van der Waals surface area contributed by atoms with Gasteiger partial charge in [0.25, 0.3) is 0 Å². The van der Waals surface area contributed by atoms with Gasteiger partial charge in [-0.1, -0.05) is 91.0 Å². The first-order valence-corrected chi connectivity index (χ1v) is 12.4. The Morgan fingerprint density at radius 3 is 1.50 bits per heavy atom. The van der Waals surface area contributed by atoms with Crippen molar-refractivity contribution in [3.8, 4) is 0 Å². The van der Waals surface area contributed by atoms with Crippen molar-refractivity contribution in [3.05, 3.63) is 125 Å². The highest BCUT2D eigenvalue weighted by atomic mass is 15.7. The van der Waals surface area contributed by atoms with Crippen LogP contribution in [0.1, 0.15) is 53.1 Å². The maximum absolute atomic E-state index is 2.79. The summed E-state index contributed by atoms with van der Waals surface area (Å²) in [6.45, 7) is 2.55. The Bertz CT molecular complexity index is 1560. The van der Waals surface area contributed by atoms with Crippen molar-refractivity contribution < 1.29 is 0 Å². The van der Waals surface area contributed by atoms with E-state index in [2.05, 4.69) is 120 Å². The van der Waals surface area contributed by atoms with Crippen molar-refractivity contribution in [1.29, 1.82) is 0 Å². The van der Waals surface area contributed by atoms with Crippen LogP contribution in [0.3, 0.4) is 0 Å². The second-order valence-electron chi connectivity index (χ2n) is 10.7. The lowest BCUT2D eigenvalue weighted by atomic mass is 9.66. The molecule has 0 spiro atoms. The smallest absolute Gasteiger partial charge is 0.0713 e. The summed E-state index contributed by atoms with van der Waals surface area (Å²) in [5, 5.41) is 11.2. The van der Waals surface area contributed by atoms with Gasteiger partial charge in [0.2, 0.25) is 0 Å². The molecular formula is C32H24N2. The van der Waals surface area contributed by atoms with Gasteiger partial charge < -0.3 is 0 Å². The molecular weight excluding hydrogens is 412 g/mol. The molecule has 2 unspecified atom stereocenters. The SMILES string of the molecule is CC12[C@@H]3c4cccc5cccc(c45)[C@@H]3N([C@@H]3c4cccc5cccc(c45)[C@@H]31)N2c1ccccc1. The Morgan fingerprint density at radius 2 is 1.00 bits per heavy atom. The summed E-state index contributed by atoms with van der Waals surface area (Å²) < 4.78 is 0. The Hall–Kier alpha value is -3.62. The van der Waals surface area contributed by atoms with Gasteiger partial charge in [-0.2, -0.15) is 0 Å². The molecule has 2 heteroatoms. The predicted molar refractivity (Wildman–Crippen MR) is 138 cm³/mol. The normalized spacial score (nSPS) is 31.4. The van der Waals surface area contributed by atoms with E-state index in [-0.39, 0.29) is 5.54 Å². The number of para-hydroxylation sites is 1. The molecule has 0 radical (unpaired) electrons. The lowest BCUT2D eigenvalue weighted by molar-refractivity contribution is 0.151. The fourth-order valence-corrected chi connectivity index (χ4v) is 8.48. The fraction of sp³-hybridized carbons (Fsp3) is 0.188. The minimum Gasteiger partial charge on any atom is -0.297 e. The second kappa shape index (κ2) is 5.71. The molecule has 5 aromatic rings. The quantitative estimate of drug-likeness (QED) is 0.269. The first-order valence-electron chi connectivity index (χ1n) is 12.4. The zero-order chi connectivity index (χ0) is 22.2. The number of fused-ring (bicyclic) bond motifs is 12. The summed E-state index contributed by atoms with van der Waals surface area (Å²) in [4.78, 5) is 0. The predicted octanol–water partition coefficient (Wildman–Crippen LogP) is 7.48. The number of rotatable bonds is 1. The van der Waals surface area contributed by atoms with E-state index in [0.29, 0.717) is 23.9 Å². The van der Waals surface area contributed by atoms with Crippen LogP contribution in [0.5, 0.6) is 0 Å². The van der Waals surface area contributed by atoms with Crippen molar-refractivity contribution in [2.75, 3.05) is 5.01 Å². The molecule has 162 valence electrons. The zero-order valence-corrected chi connectivity index (χ0v) is 19.0. The van der Waals surface area contributed by atoms with Crippen molar-refractivity contribution in [2.45, 2.75) is 36.4 Å². The van der Waals surface area contributed by atoms with E-state index in [9.17, 15) is 0 Å². The van der Waals surface area contributed by atoms with Gasteiger partial charge in [-0.3, -0.25) is 5.01 Å². The van der Waals surface area contributed by atoms with E-state index in [1.807, 2.05) is 0 Å². The van der Waals surface area contributed by atoms with Crippen molar-refractivity contribution in [3.63, 3.8) is 0 Å². The van der Waals surface area contributed by atoms with Crippen molar-refractivity contribution >= 4 is 27.2 Å². The molecule has 0 N–H and O–H groups in total. The third-order valence-electron chi connectivity index (χ3n) is 9.39. The molecule has 0 saturated carbocycles. The number of hydrazine groups is 1. The summed E-state index contributed by atoms with van der Waals surface area (Å²) >= 11 is 0. The molecule has 2 heterocycles. The number of anilines is 1. The molecule has 34 heavy (non-hydrogen) atoms. The number of hydrogen-bond donors (Lipinski definition) is 0. The third-order valence-corrected chi connectivity index (χ3v) is 9.39. The standard InChI is InChI=1S/C32H24N2/c1-32-28-22-15-5-9-19-11-7-17-24(26(19)22)30(28)33(34(32)21-13-3-2-4-14-21)31-25-18-8-12-20-10-6-16-23(27(20)25)29(31)32/h2-18,28-31H,1H3/t28-,29+,30+,31-,32?. The highest BCUT2D eigenvalue weighted by Crippen LogP contribution is 2.75. The van der Waals surface area contributed by atoms with Gasteiger partial charge in [0.05, 0.1) is 23.3 Å². The van der Waals surface area contributed by atoms with Gasteiger partial charge in [0, 0.05) is 11.8 Å². The van der Waals surface area contributed by atoms with Gasteiger partial charge >= 0.3 is 0 Å². The maximum Gasteiger partial charge on any atom is 0.0713 e. The molecule has 5 aromatic carbocycles. The van der Waals surface area contributed by atoms with E-state index in [0.717, 1.165) is 0 Å². The maximum atomic E-state index is 2.79. The monoisotopic (exact) mass is 436 g/mol. The summed E-state index contributed by atoms with van der Waals surface area (Å²) in [5.74, 6) is 0.860. The molecule has 9 rings (SSSR count). The van der Waals surface area contributed by atoms with Crippen molar-refractivity contribution in [1.82, 2.24) is 5.01 Å². The van der Waals surface area contributed by atoms with Crippen LogP contribution >= 0.6 is 0 Å². The van der Waals surface area contributed by atoms with Gasteiger partial charge in [-0.25, -0.2) is 5.01 Å². The molecule has 2 nitrogen and oxygen atoms in total. The molecule has 2 fully saturated rings. The molecule has 2 bridgehead atoms. The van der Waals surface area contributed by atoms with Gasteiger partial charge in [-0.05, 0) is 62.9 Å². The Kier molecular flexibility index (Phi) is 2.99. The topological polar surface area (TPSA) is 6.48 Å². The highest BCUT2D eigenvalue weighted by Gasteiger charge is 2.72. The fourth-order valence-electron chi connectivity index (χ4n) is 8.48. The molecule has 2 aliphatic carbocycles. The second-order valence-corrected chi connectivity index (χ2v) is 10.7. The number of piperidine rings is 1. The molecule has 2 saturated heterocycles. The van der Waals surface area contributed by atoms with E-state index in [1.54, 1.807) is 0 Å². The molecule has 6 atom stereocenters. The molecule has 0 aromatic heterocycles. The lowest BCUT2D eigenvalue weighted by Gasteiger charge is -2.41. The van der Waals surface area contributed by atoms with E-state index in [1.165, 1.54) is 49.5 Å². The largest absolute Gasteiger partial charge is 0.297 e. The zero-order valence-electron chi connectivity index (χ0n) is 19.0. The van der Waals surface area contributed by atoms with Crippen LogP contribution in [0.25, 0.3) is 21.5 Å². The van der Waals surface area contributed by atoms with Gasteiger partial charge in [-0.15, -0.1) is 0 Å². The Labute approximate surface area is 199 Å². The highest BCUT2D eigenvalue weighted by molar-refractivity contribution is 5.96. The van der Waals surface area contributed by atoms with E-state index < -0.39 is 0 Å². The van der Waals surface area contributed by atoms with E-state index >= 15 is 0 Å². The number of nitrogens with zero attached hydrogens (tertiary/aromatic N) is 2. The third kappa shape index (κ3) is 1.75. The Balaban J connectivity index is 1.40.